The van der Waals surface area contributed by atoms with Gasteiger partial charge in [0.2, 0.25) is 0 Å². The molecule has 2 rings (SSSR count). The molecule has 1 aromatic carbocycles. The smallest absolute Gasteiger partial charge is 0.264 e. The average molecular weight is 522 g/mol. The van der Waals surface area contributed by atoms with Crippen LogP contribution in [0.3, 0.4) is 0 Å². The fourth-order valence-electron chi connectivity index (χ4n) is 2.28. The summed E-state index contributed by atoms with van der Waals surface area (Å²) in [6.45, 7) is 2.95. The third kappa shape index (κ3) is 6.83. The van der Waals surface area contributed by atoms with Gasteiger partial charge in [0.25, 0.3) is 10.1 Å². The number of phenols is 1. The van der Waals surface area contributed by atoms with Gasteiger partial charge in [0.1, 0.15) is 11.4 Å². The van der Waals surface area contributed by atoms with E-state index in [4.69, 9.17) is 4.55 Å². The minimum atomic E-state index is -3.98. The van der Waals surface area contributed by atoms with E-state index in [0.717, 1.165) is 4.47 Å². The van der Waals surface area contributed by atoms with Crippen LogP contribution >= 0.6 is 31.9 Å². The molecular weight excluding hydrogens is 504 g/mol. The maximum atomic E-state index is 10.8. The summed E-state index contributed by atoms with van der Waals surface area (Å²) in [6, 6.07) is 6.70. The standard InChI is InChI=1S/C16H18Br2N4O4S/c1-2-22(6-3-7-27(24,25)26)12-4-5-14(15(23)9-12)20-21-16-13(18)8-11(17)10-19-16/h4-5,8-10,23H,2-3,6-7H2,1H3,(H,24,25,26). The Labute approximate surface area is 174 Å². The molecule has 27 heavy (non-hydrogen) atoms. The summed E-state index contributed by atoms with van der Waals surface area (Å²) >= 11 is 6.65. The van der Waals surface area contributed by atoms with Gasteiger partial charge in [0.15, 0.2) is 5.82 Å². The lowest BCUT2D eigenvalue weighted by Crippen LogP contribution is -2.25. The van der Waals surface area contributed by atoms with Gasteiger partial charge in [0.05, 0.1) is 10.2 Å². The van der Waals surface area contributed by atoms with E-state index in [-0.39, 0.29) is 23.6 Å². The number of aromatic hydroxyl groups is 1. The van der Waals surface area contributed by atoms with Crippen LogP contribution in [0.2, 0.25) is 0 Å². The number of pyridine rings is 1. The third-order valence-electron chi connectivity index (χ3n) is 3.58. The molecule has 0 fully saturated rings. The Kier molecular flexibility index (Phi) is 7.71. The lowest BCUT2D eigenvalue weighted by atomic mass is 10.2. The van der Waals surface area contributed by atoms with Crippen molar-refractivity contribution in [3.63, 3.8) is 0 Å². The van der Waals surface area contributed by atoms with E-state index in [1.807, 2.05) is 11.8 Å². The van der Waals surface area contributed by atoms with E-state index in [0.29, 0.717) is 29.1 Å². The molecule has 0 saturated heterocycles. The maximum Gasteiger partial charge on any atom is 0.264 e. The SMILES string of the molecule is CCN(CCCS(=O)(=O)O)c1ccc(N=Nc2ncc(Br)cc2Br)c(O)c1. The number of nitrogens with zero attached hydrogens (tertiary/aromatic N) is 4. The lowest BCUT2D eigenvalue weighted by molar-refractivity contribution is 0.475. The van der Waals surface area contributed by atoms with Gasteiger partial charge in [-0.1, -0.05) is 0 Å². The van der Waals surface area contributed by atoms with Crippen molar-refractivity contribution in [2.24, 2.45) is 10.2 Å². The van der Waals surface area contributed by atoms with Gasteiger partial charge in [-0.3, -0.25) is 4.55 Å². The van der Waals surface area contributed by atoms with Gasteiger partial charge < -0.3 is 10.0 Å². The van der Waals surface area contributed by atoms with Gasteiger partial charge >= 0.3 is 0 Å². The molecule has 0 aliphatic rings. The second-order valence-electron chi connectivity index (χ2n) is 5.55. The van der Waals surface area contributed by atoms with Crippen LogP contribution in [-0.2, 0) is 10.1 Å². The molecule has 146 valence electrons. The first kappa shape index (κ1) is 21.7. The van der Waals surface area contributed by atoms with E-state index >= 15 is 0 Å². The lowest BCUT2D eigenvalue weighted by Gasteiger charge is -2.23. The largest absolute Gasteiger partial charge is 0.506 e. The van der Waals surface area contributed by atoms with Gasteiger partial charge in [0, 0.05) is 35.5 Å². The molecule has 8 nitrogen and oxygen atoms in total. The average Bonchev–Trinajstić information content (AvgIpc) is 2.58. The molecule has 11 heteroatoms. The molecule has 0 atom stereocenters. The monoisotopic (exact) mass is 520 g/mol. The van der Waals surface area contributed by atoms with Crippen molar-refractivity contribution in [1.82, 2.24) is 4.98 Å². The van der Waals surface area contributed by atoms with Crippen molar-refractivity contribution in [3.8, 4) is 5.75 Å². The molecule has 0 aliphatic heterocycles. The van der Waals surface area contributed by atoms with Crippen LogP contribution in [-0.4, -0.2) is 41.9 Å². The molecule has 2 N–H and O–H groups in total. The fraction of sp³-hybridized carbons (Fsp3) is 0.312. The molecule has 0 bridgehead atoms. The van der Waals surface area contributed by atoms with Crippen molar-refractivity contribution in [2.75, 3.05) is 23.7 Å². The minimum Gasteiger partial charge on any atom is -0.506 e. The zero-order valence-electron chi connectivity index (χ0n) is 14.4. The first-order chi connectivity index (χ1) is 12.7. The number of azo groups is 1. The first-order valence-corrected chi connectivity index (χ1v) is 11.1. The highest BCUT2D eigenvalue weighted by atomic mass is 79.9. The summed E-state index contributed by atoms with van der Waals surface area (Å²) < 4.78 is 31.9. The molecular formula is C16H18Br2N4O4S. The Balaban J connectivity index is 2.12. The summed E-state index contributed by atoms with van der Waals surface area (Å²) in [5.41, 5.74) is 0.997. The van der Waals surface area contributed by atoms with Crippen LogP contribution in [0.4, 0.5) is 17.2 Å². The predicted molar refractivity (Wildman–Crippen MR) is 111 cm³/mol. The number of hydrogen-bond acceptors (Lipinski definition) is 7. The Bertz CT molecular complexity index is 938. The summed E-state index contributed by atoms with van der Waals surface area (Å²) in [5.74, 6) is 0.0106. The van der Waals surface area contributed by atoms with Crippen molar-refractivity contribution >= 4 is 59.2 Å². The molecule has 0 aliphatic carbocycles. The molecule has 0 spiro atoms. The summed E-state index contributed by atoms with van der Waals surface area (Å²) in [6.07, 6.45) is 1.87. The quantitative estimate of drug-likeness (QED) is 0.379. The number of aromatic nitrogens is 1. The zero-order chi connectivity index (χ0) is 20.0. The maximum absolute atomic E-state index is 10.8. The van der Waals surface area contributed by atoms with Crippen molar-refractivity contribution < 1.29 is 18.1 Å². The van der Waals surface area contributed by atoms with Crippen LogP contribution in [0.1, 0.15) is 13.3 Å². The Morgan fingerprint density at radius 1 is 1.22 bits per heavy atom. The van der Waals surface area contributed by atoms with Crippen molar-refractivity contribution in [3.05, 3.63) is 39.4 Å². The van der Waals surface area contributed by atoms with Crippen LogP contribution in [0, 0.1) is 0 Å². The summed E-state index contributed by atoms with van der Waals surface area (Å²) in [4.78, 5) is 6.01. The molecule has 0 saturated carbocycles. The van der Waals surface area contributed by atoms with Crippen LogP contribution in [0.25, 0.3) is 0 Å². The Hall–Kier alpha value is -1.56. The van der Waals surface area contributed by atoms with Crippen LogP contribution in [0.5, 0.6) is 5.75 Å². The van der Waals surface area contributed by atoms with Gasteiger partial charge in [-0.15, -0.1) is 10.2 Å². The fourth-order valence-corrected chi connectivity index (χ4v) is 3.84. The van der Waals surface area contributed by atoms with Crippen molar-refractivity contribution in [2.45, 2.75) is 13.3 Å². The second-order valence-corrected chi connectivity index (χ2v) is 8.89. The third-order valence-corrected chi connectivity index (χ3v) is 5.40. The molecule has 0 unspecified atom stereocenters. The van der Waals surface area contributed by atoms with E-state index in [1.54, 1.807) is 24.4 Å². The molecule has 0 amide bonds. The van der Waals surface area contributed by atoms with E-state index in [9.17, 15) is 13.5 Å². The first-order valence-electron chi connectivity index (χ1n) is 7.95. The van der Waals surface area contributed by atoms with Crippen LogP contribution < -0.4 is 4.90 Å². The van der Waals surface area contributed by atoms with Gasteiger partial charge in [-0.2, -0.15) is 8.42 Å². The highest BCUT2D eigenvalue weighted by molar-refractivity contribution is 9.11. The molecule has 0 radical (unpaired) electrons. The normalized spacial score (nSPS) is 11.9. The van der Waals surface area contributed by atoms with E-state index in [2.05, 4.69) is 47.1 Å². The number of halogens is 2. The summed E-state index contributed by atoms with van der Waals surface area (Å²) in [7, 11) is -3.98. The van der Waals surface area contributed by atoms with E-state index < -0.39 is 10.1 Å². The Morgan fingerprint density at radius 2 is 1.96 bits per heavy atom. The number of benzene rings is 1. The summed E-state index contributed by atoms with van der Waals surface area (Å²) in [5, 5.41) is 18.3. The number of anilines is 1. The predicted octanol–water partition coefficient (Wildman–Crippen LogP) is 4.83. The molecule has 1 heterocycles. The highest BCUT2D eigenvalue weighted by Gasteiger charge is 2.11. The zero-order valence-corrected chi connectivity index (χ0v) is 18.4. The number of hydrogen-bond donors (Lipinski definition) is 2. The van der Waals surface area contributed by atoms with Gasteiger partial charge in [-0.05, 0) is 63.4 Å². The van der Waals surface area contributed by atoms with E-state index in [1.165, 1.54) is 6.07 Å². The number of phenolic OH excluding ortho intramolecular Hbond substituents is 1. The van der Waals surface area contributed by atoms with Crippen molar-refractivity contribution in [1.29, 1.82) is 0 Å². The second kappa shape index (κ2) is 9.58. The molecule has 2 aromatic rings. The molecule has 1 aromatic heterocycles. The number of rotatable bonds is 8. The Morgan fingerprint density at radius 3 is 2.56 bits per heavy atom. The van der Waals surface area contributed by atoms with Gasteiger partial charge in [-0.25, -0.2) is 4.98 Å². The van der Waals surface area contributed by atoms with Crippen LogP contribution in [0.15, 0.2) is 49.6 Å². The highest BCUT2D eigenvalue weighted by Crippen LogP contribution is 2.33. The topological polar surface area (TPSA) is 115 Å². The minimum absolute atomic E-state index is 0.0577.